The van der Waals surface area contributed by atoms with Crippen molar-refractivity contribution in [1.82, 2.24) is 0 Å². The molecule has 0 saturated heterocycles. The molecule has 0 aromatic heterocycles. The smallest absolute Gasteiger partial charge is 0.104 e. The van der Waals surface area contributed by atoms with Crippen molar-refractivity contribution in [2.24, 2.45) is 0 Å². The Morgan fingerprint density at radius 2 is 0.818 bits per heavy atom. The Morgan fingerprint density at radius 3 is 1.23 bits per heavy atom. The molecule has 3 aromatic carbocycles. The first-order valence-corrected chi connectivity index (χ1v) is 7.31. The van der Waals surface area contributed by atoms with Crippen LogP contribution in [0.4, 0.5) is 0 Å². The fourth-order valence-corrected chi connectivity index (χ4v) is 2.55. The Bertz CT molecular complexity index is 662. The maximum atomic E-state index is 10.5. The van der Waals surface area contributed by atoms with Crippen LogP contribution in [0.3, 0.4) is 0 Å². The van der Waals surface area contributed by atoms with E-state index in [4.69, 9.17) is 0 Å². The number of benzene rings is 3. The second-order valence-corrected chi connectivity index (χ2v) is 5.30. The van der Waals surface area contributed by atoms with Gasteiger partial charge < -0.3 is 10.2 Å². The van der Waals surface area contributed by atoms with Gasteiger partial charge in [-0.15, -0.1) is 0 Å². The number of aliphatic hydroxyl groups is 2. The highest BCUT2D eigenvalue weighted by atomic mass is 16.3. The first-order valence-electron chi connectivity index (χ1n) is 7.31. The number of rotatable bonds is 4. The molecule has 0 heterocycles. The number of hydrogen-bond acceptors (Lipinski definition) is 2. The summed E-state index contributed by atoms with van der Waals surface area (Å²) in [5.41, 5.74) is 3.24. The lowest BCUT2D eigenvalue weighted by atomic mass is 9.96. The summed E-state index contributed by atoms with van der Waals surface area (Å²) in [7, 11) is 0. The summed E-state index contributed by atoms with van der Waals surface area (Å²) in [5, 5.41) is 21.0. The molecule has 2 nitrogen and oxygen atoms in total. The molecule has 2 N–H and O–H groups in total. The van der Waals surface area contributed by atoms with Gasteiger partial charge >= 0.3 is 0 Å². The van der Waals surface area contributed by atoms with Gasteiger partial charge in [0.1, 0.15) is 12.2 Å². The van der Waals surface area contributed by atoms with E-state index < -0.39 is 12.2 Å². The van der Waals surface area contributed by atoms with E-state index in [0.717, 1.165) is 22.3 Å². The van der Waals surface area contributed by atoms with E-state index >= 15 is 0 Å². The van der Waals surface area contributed by atoms with Crippen molar-refractivity contribution >= 4 is 0 Å². The van der Waals surface area contributed by atoms with E-state index in [0.29, 0.717) is 0 Å². The van der Waals surface area contributed by atoms with Crippen molar-refractivity contribution in [1.29, 1.82) is 0 Å². The summed E-state index contributed by atoms with van der Waals surface area (Å²) in [6.07, 6.45) is -1.38. The van der Waals surface area contributed by atoms with E-state index in [9.17, 15) is 10.2 Å². The second kappa shape index (κ2) is 6.56. The number of hydrogen-bond donors (Lipinski definition) is 2. The molecule has 0 bridgehead atoms. The Hall–Kier alpha value is -2.42. The fourth-order valence-electron chi connectivity index (χ4n) is 2.55. The third-order valence-corrected chi connectivity index (χ3v) is 3.77. The predicted octanol–water partition coefficient (Wildman–Crippen LogP) is 3.85. The summed E-state index contributed by atoms with van der Waals surface area (Å²) >= 11 is 0. The summed E-state index contributed by atoms with van der Waals surface area (Å²) in [5.74, 6) is 0. The summed E-state index contributed by atoms with van der Waals surface area (Å²) in [6.45, 7) is 0. The first kappa shape index (κ1) is 14.5. The molecule has 0 saturated carbocycles. The van der Waals surface area contributed by atoms with Crippen LogP contribution in [0.5, 0.6) is 0 Å². The van der Waals surface area contributed by atoms with Crippen LogP contribution in [0.1, 0.15) is 34.5 Å². The van der Waals surface area contributed by atoms with Crippen LogP contribution in [0.25, 0.3) is 0 Å². The molecular formula is C20H18O2. The molecule has 2 heteroatoms. The highest BCUT2D eigenvalue weighted by Crippen LogP contribution is 2.27. The third-order valence-electron chi connectivity index (χ3n) is 3.77. The minimum atomic E-state index is -0.691. The molecule has 0 radical (unpaired) electrons. The minimum Gasteiger partial charge on any atom is -0.384 e. The highest BCUT2D eigenvalue weighted by Gasteiger charge is 2.14. The summed E-state index contributed by atoms with van der Waals surface area (Å²) in [4.78, 5) is 0. The lowest BCUT2D eigenvalue weighted by molar-refractivity contribution is 0.213. The molecule has 0 aliphatic heterocycles. The van der Waals surface area contributed by atoms with Gasteiger partial charge in [0.2, 0.25) is 0 Å². The molecule has 0 aliphatic rings. The molecule has 0 unspecified atom stereocenters. The first-order chi connectivity index (χ1) is 10.8. The lowest BCUT2D eigenvalue weighted by Crippen LogP contribution is -2.03. The quantitative estimate of drug-likeness (QED) is 0.766. The van der Waals surface area contributed by atoms with Crippen molar-refractivity contribution in [2.45, 2.75) is 12.2 Å². The molecule has 22 heavy (non-hydrogen) atoms. The molecule has 0 aliphatic carbocycles. The van der Waals surface area contributed by atoms with Crippen LogP contribution in [0, 0.1) is 0 Å². The Balaban J connectivity index is 1.90. The van der Waals surface area contributed by atoms with E-state index in [1.807, 2.05) is 84.9 Å². The minimum absolute atomic E-state index is 0.691. The maximum Gasteiger partial charge on any atom is 0.104 e. The largest absolute Gasteiger partial charge is 0.384 e. The topological polar surface area (TPSA) is 40.5 Å². The van der Waals surface area contributed by atoms with Gasteiger partial charge in [0.05, 0.1) is 0 Å². The second-order valence-electron chi connectivity index (χ2n) is 5.30. The van der Waals surface area contributed by atoms with Crippen molar-refractivity contribution < 1.29 is 10.2 Å². The SMILES string of the molecule is O[C@@H](c1ccccc1)c1cccc([C@@H](O)c2ccccc2)c1. The van der Waals surface area contributed by atoms with Crippen LogP contribution in [0.15, 0.2) is 84.9 Å². The van der Waals surface area contributed by atoms with Crippen molar-refractivity contribution in [3.8, 4) is 0 Å². The van der Waals surface area contributed by atoms with Crippen molar-refractivity contribution in [3.63, 3.8) is 0 Å². The molecule has 0 fully saturated rings. The van der Waals surface area contributed by atoms with Crippen molar-refractivity contribution in [3.05, 3.63) is 107 Å². The third kappa shape index (κ3) is 3.08. The van der Waals surface area contributed by atoms with Crippen LogP contribution >= 0.6 is 0 Å². The van der Waals surface area contributed by atoms with E-state index in [1.165, 1.54) is 0 Å². The Labute approximate surface area is 130 Å². The average molecular weight is 290 g/mol. The monoisotopic (exact) mass is 290 g/mol. The van der Waals surface area contributed by atoms with Crippen LogP contribution in [-0.2, 0) is 0 Å². The zero-order chi connectivity index (χ0) is 15.4. The van der Waals surface area contributed by atoms with Crippen LogP contribution < -0.4 is 0 Å². The lowest BCUT2D eigenvalue weighted by Gasteiger charge is -2.16. The summed E-state index contributed by atoms with van der Waals surface area (Å²) in [6, 6.07) is 26.5. The zero-order valence-corrected chi connectivity index (χ0v) is 12.1. The number of aliphatic hydroxyl groups excluding tert-OH is 2. The molecule has 2 atom stereocenters. The fraction of sp³-hybridized carbons (Fsp3) is 0.100. The van der Waals surface area contributed by atoms with Crippen LogP contribution in [0.2, 0.25) is 0 Å². The highest BCUT2D eigenvalue weighted by molar-refractivity contribution is 5.36. The van der Waals surface area contributed by atoms with E-state index in [-0.39, 0.29) is 0 Å². The summed E-state index contributed by atoms with van der Waals surface area (Å²) < 4.78 is 0. The standard InChI is InChI=1S/C20H18O2/c21-19(15-8-3-1-4-9-15)17-12-7-13-18(14-17)20(22)16-10-5-2-6-11-16/h1-14,19-22H/t19-,20-/m0/s1. The average Bonchev–Trinajstić information content (AvgIpc) is 2.62. The van der Waals surface area contributed by atoms with E-state index in [1.54, 1.807) is 0 Å². The zero-order valence-electron chi connectivity index (χ0n) is 12.1. The van der Waals surface area contributed by atoms with Gasteiger partial charge in [0.15, 0.2) is 0 Å². The molecule has 3 aromatic rings. The molecule has 110 valence electrons. The van der Waals surface area contributed by atoms with Crippen LogP contribution in [-0.4, -0.2) is 10.2 Å². The van der Waals surface area contributed by atoms with Crippen molar-refractivity contribution in [2.75, 3.05) is 0 Å². The molecule has 0 amide bonds. The van der Waals surface area contributed by atoms with Gasteiger partial charge in [-0.3, -0.25) is 0 Å². The predicted molar refractivity (Wildman–Crippen MR) is 87.4 cm³/mol. The molecule has 0 spiro atoms. The van der Waals surface area contributed by atoms with Gasteiger partial charge in [0, 0.05) is 0 Å². The molecular weight excluding hydrogens is 272 g/mol. The van der Waals surface area contributed by atoms with Gasteiger partial charge in [-0.25, -0.2) is 0 Å². The Kier molecular flexibility index (Phi) is 4.33. The van der Waals surface area contributed by atoms with E-state index in [2.05, 4.69) is 0 Å². The van der Waals surface area contributed by atoms with Gasteiger partial charge in [-0.05, 0) is 28.3 Å². The normalized spacial score (nSPS) is 13.5. The van der Waals surface area contributed by atoms with Gasteiger partial charge in [-0.1, -0.05) is 78.9 Å². The Morgan fingerprint density at radius 1 is 0.455 bits per heavy atom. The van der Waals surface area contributed by atoms with Gasteiger partial charge in [0.25, 0.3) is 0 Å². The van der Waals surface area contributed by atoms with Gasteiger partial charge in [-0.2, -0.15) is 0 Å². The molecule has 3 rings (SSSR count). The maximum absolute atomic E-state index is 10.5.